The van der Waals surface area contributed by atoms with Crippen LogP contribution in [0.1, 0.15) is 11.1 Å². The first-order chi connectivity index (χ1) is 10.8. The van der Waals surface area contributed by atoms with E-state index in [9.17, 15) is 0 Å². The minimum Gasteiger partial charge on any atom is -0.0616 e. The summed E-state index contributed by atoms with van der Waals surface area (Å²) in [7, 11) is 0. The molecule has 0 unspecified atom stereocenters. The van der Waals surface area contributed by atoms with E-state index in [2.05, 4.69) is 98.8 Å². The molecule has 0 spiro atoms. The van der Waals surface area contributed by atoms with Crippen molar-refractivity contribution in [1.29, 1.82) is 0 Å². The van der Waals surface area contributed by atoms with Crippen LogP contribution in [-0.4, -0.2) is 0 Å². The first-order valence-electron chi connectivity index (χ1n) is 7.64. The van der Waals surface area contributed by atoms with Gasteiger partial charge in [0.2, 0.25) is 0 Å². The average molecular weight is 343 g/mol. The Morgan fingerprint density at radius 3 is 1.17 bits per heavy atom. The normalized spacial score (nSPS) is 9.83. The zero-order valence-electron chi connectivity index (χ0n) is 13.4. The summed E-state index contributed by atoms with van der Waals surface area (Å²) in [6.45, 7) is 4.28. The summed E-state index contributed by atoms with van der Waals surface area (Å²) in [5.74, 6) is 0. The minimum absolute atomic E-state index is 0. The Morgan fingerprint density at radius 1 is 0.435 bits per heavy atom. The van der Waals surface area contributed by atoms with Crippen molar-refractivity contribution in [3.8, 4) is 0 Å². The van der Waals surface area contributed by atoms with Crippen LogP contribution in [0.4, 0.5) is 0 Å². The van der Waals surface area contributed by atoms with E-state index < -0.39 is 0 Å². The van der Waals surface area contributed by atoms with Crippen molar-refractivity contribution in [1.82, 2.24) is 0 Å². The molecule has 0 aromatic heterocycles. The fourth-order valence-corrected chi connectivity index (χ4v) is 2.77. The molecule has 0 aliphatic heterocycles. The Balaban J connectivity index is 0.000000160. The summed E-state index contributed by atoms with van der Waals surface area (Å²) < 4.78 is 0. The van der Waals surface area contributed by atoms with Gasteiger partial charge in [-0.3, -0.25) is 0 Å². The van der Waals surface area contributed by atoms with Gasteiger partial charge < -0.3 is 0 Å². The Morgan fingerprint density at radius 2 is 0.783 bits per heavy atom. The molecule has 0 aliphatic rings. The topological polar surface area (TPSA) is 0 Å². The number of aryl methyl sites for hydroxylation is 2. The molecule has 0 heterocycles. The van der Waals surface area contributed by atoms with Crippen molar-refractivity contribution >= 4 is 21.5 Å². The number of hydrogen-bond donors (Lipinski definition) is 0. The van der Waals surface area contributed by atoms with E-state index in [1.807, 2.05) is 0 Å². The van der Waals surface area contributed by atoms with Crippen molar-refractivity contribution < 1.29 is 16.5 Å². The summed E-state index contributed by atoms with van der Waals surface area (Å²) in [5.41, 5.74) is 2.70. The molecule has 0 amide bonds. The van der Waals surface area contributed by atoms with Gasteiger partial charge >= 0.3 is 0 Å². The van der Waals surface area contributed by atoms with E-state index in [4.69, 9.17) is 0 Å². The maximum Gasteiger partial charge on any atom is 0 e. The largest absolute Gasteiger partial charge is 0.0616 e. The van der Waals surface area contributed by atoms with Gasteiger partial charge in [-0.1, -0.05) is 84.9 Å². The van der Waals surface area contributed by atoms with Gasteiger partial charge in [0, 0.05) is 16.5 Å². The number of rotatable bonds is 0. The SMILES string of the molecule is Cc1cccc2ccccc12.Cc1cccc2ccccc12.[Ni]. The molecule has 0 radical (unpaired) electrons. The maximum absolute atomic E-state index is 2.16. The van der Waals surface area contributed by atoms with E-state index in [1.54, 1.807) is 0 Å². The zero-order chi connectivity index (χ0) is 15.4. The summed E-state index contributed by atoms with van der Waals surface area (Å²) in [5, 5.41) is 5.37. The Hall–Kier alpha value is -2.11. The Kier molecular flexibility index (Phi) is 5.96. The Labute approximate surface area is 148 Å². The summed E-state index contributed by atoms with van der Waals surface area (Å²) in [6.07, 6.45) is 0. The van der Waals surface area contributed by atoms with Gasteiger partial charge in [0.15, 0.2) is 0 Å². The molecule has 0 bridgehead atoms. The Bertz CT molecular complexity index is 822. The standard InChI is InChI=1S/2C11H10.Ni/c2*1-9-5-4-7-10-6-2-3-8-11(9)10;/h2*2-8H,1H3;. The molecule has 0 fully saturated rings. The van der Waals surface area contributed by atoms with Gasteiger partial charge in [0.1, 0.15) is 0 Å². The summed E-state index contributed by atoms with van der Waals surface area (Å²) >= 11 is 0. The molecule has 118 valence electrons. The summed E-state index contributed by atoms with van der Waals surface area (Å²) in [6, 6.07) is 29.7. The first-order valence-corrected chi connectivity index (χ1v) is 7.64. The van der Waals surface area contributed by atoms with Crippen LogP contribution >= 0.6 is 0 Å². The van der Waals surface area contributed by atoms with Gasteiger partial charge in [0.05, 0.1) is 0 Å². The second kappa shape index (κ2) is 7.95. The van der Waals surface area contributed by atoms with Crippen LogP contribution in [0.5, 0.6) is 0 Å². The monoisotopic (exact) mass is 342 g/mol. The molecule has 0 atom stereocenters. The van der Waals surface area contributed by atoms with Crippen LogP contribution in [0.2, 0.25) is 0 Å². The van der Waals surface area contributed by atoms with Gasteiger partial charge in [-0.05, 0) is 46.5 Å². The third-order valence-electron chi connectivity index (χ3n) is 4.02. The third kappa shape index (κ3) is 4.00. The predicted molar refractivity (Wildman–Crippen MR) is 97.4 cm³/mol. The van der Waals surface area contributed by atoms with Crippen molar-refractivity contribution in [2.45, 2.75) is 13.8 Å². The molecule has 4 rings (SSSR count). The molecule has 0 saturated carbocycles. The van der Waals surface area contributed by atoms with E-state index in [0.717, 1.165) is 0 Å². The molecular formula is C22H20Ni. The summed E-state index contributed by atoms with van der Waals surface area (Å²) in [4.78, 5) is 0. The van der Waals surface area contributed by atoms with Gasteiger partial charge in [-0.15, -0.1) is 0 Å². The van der Waals surface area contributed by atoms with Crippen LogP contribution < -0.4 is 0 Å². The quantitative estimate of drug-likeness (QED) is 0.329. The van der Waals surface area contributed by atoms with Gasteiger partial charge in [-0.2, -0.15) is 0 Å². The van der Waals surface area contributed by atoms with Crippen LogP contribution in [0.15, 0.2) is 84.9 Å². The third-order valence-corrected chi connectivity index (χ3v) is 4.02. The van der Waals surface area contributed by atoms with Crippen molar-refractivity contribution in [2.24, 2.45) is 0 Å². The predicted octanol–water partition coefficient (Wildman–Crippen LogP) is 6.29. The second-order valence-electron chi connectivity index (χ2n) is 5.59. The van der Waals surface area contributed by atoms with E-state index in [-0.39, 0.29) is 16.5 Å². The minimum atomic E-state index is 0. The number of hydrogen-bond acceptors (Lipinski definition) is 0. The maximum atomic E-state index is 2.16. The van der Waals surface area contributed by atoms with Gasteiger partial charge in [-0.25, -0.2) is 0 Å². The smallest absolute Gasteiger partial charge is 0 e. The van der Waals surface area contributed by atoms with Crippen molar-refractivity contribution in [3.63, 3.8) is 0 Å². The number of fused-ring (bicyclic) bond motifs is 2. The first kappa shape index (κ1) is 17.3. The van der Waals surface area contributed by atoms with E-state index in [0.29, 0.717) is 0 Å². The van der Waals surface area contributed by atoms with Crippen LogP contribution in [0.3, 0.4) is 0 Å². The molecule has 4 aromatic carbocycles. The van der Waals surface area contributed by atoms with Crippen molar-refractivity contribution in [3.05, 3.63) is 96.1 Å². The second-order valence-corrected chi connectivity index (χ2v) is 5.59. The van der Waals surface area contributed by atoms with E-state index >= 15 is 0 Å². The van der Waals surface area contributed by atoms with E-state index in [1.165, 1.54) is 32.7 Å². The molecule has 4 aromatic rings. The number of benzene rings is 4. The fraction of sp³-hybridized carbons (Fsp3) is 0.0909. The molecule has 1 heteroatoms. The fourth-order valence-electron chi connectivity index (χ4n) is 2.77. The zero-order valence-corrected chi connectivity index (χ0v) is 14.4. The molecule has 0 saturated heterocycles. The molecular weight excluding hydrogens is 323 g/mol. The van der Waals surface area contributed by atoms with Gasteiger partial charge in [0.25, 0.3) is 0 Å². The van der Waals surface area contributed by atoms with Crippen LogP contribution in [0, 0.1) is 13.8 Å². The molecule has 0 aliphatic carbocycles. The average Bonchev–Trinajstić information content (AvgIpc) is 2.57. The van der Waals surface area contributed by atoms with Crippen LogP contribution in [0.25, 0.3) is 21.5 Å². The van der Waals surface area contributed by atoms with Crippen molar-refractivity contribution in [2.75, 3.05) is 0 Å². The molecule has 0 N–H and O–H groups in total. The molecule has 0 nitrogen and oxygen atoms in total. The van der Waals surface area contributed by atoms with Crippen LogP contribution in [-0.2, 0) is 16.5 Å². The molecule has 23 heavy (non-hydrogen) atoms.